The molecule has 2 aromatic heterocycles. The van der Waals surface area contributed by atoms with Gasteiger partial charge in [0.2, 0.25) is 0 Å². The molecular formula is C15H8BrNO. The molecule has 0 aliphatic heterocycles. The average molecular weight is 298 g/mol. The van der Waals surface area contributed by atoms with E-state index in [9.17, 15) is 0 Å². The van der Waals surface area contributed by atoms with Crippen LogP contribution >= 0.6 is 15.9 Å². The van der Waals surface area contributed by atoms with Crippen LogP contribution in [0.25, 0.3) is 32.8 Å². The molecule has 0 N–H and O–H groups in total. The minimum atomic E-state index is 0.895. The summed E-state index contributed by atoms with van der Waals surface area (Å²) in [6, 6.07) is 14.1. The predicted octanol–water partition coefficient (Wildman–Crippen LogP) is 4.90. The SMILES string of the molecule is Brc1ccc2oc3c4ccccc4ncc3c2c1. The summed E-state index contributed by atoms with van der Waals surface area (Å²) in [5.74, 6) is 0. The van der Waals surface area contributed by atoms with E-state index in [4.69, 9.17) is 4.42 Å². The predicted molar refractivity (Wildman–Crippen MR) is 76.7 cm³/mol. The molecule has 0 spiro atoms. The maximum absolute atomic E-state index is 5.96. The molecule has 3 heteroatoms. The lowest BCUT2D eigenvalue weighted by Crippen LogP contribution is -1.77. The number of furan rings is 1. The summed E-state index contributed by atoms with van der Waals surface area (Å²) in [6.45, 7) is 0. The fraction of sp³-hybridized carbons (Fsp3) is 0. The van der Waals surface area contributed by atoms with Gasteiger partial charge in [0.1, 0.15) is 11.2 Å². The van der Waals surface area contributed by atoms with Crippen LogP contribution in [0.15, 0.2) is 57.6 Å². The highest BCUT2D eigenvalue weighted by Crippen LogP contribution is 2.33. The lowest BCUT2D eigenvalue weighted by molar-refractivity contribution is 0.672. The van der Waals surface area contributed by atoms with E-state index in [2.05, 4.69) is 27.0 Å². The average Bonchev–Trinajstić information content (AvgIpc) is 2.77. The van der Waals surface area contributed by atoms with Gasteiger partial charge in [0, 0.05) is 26.8 Å². The minimum Gasteiger partial charge on any atom is -0.455 e. The summed E-state index contributed by atoms with van der Waals surface area (Å²) >= 11 is 3.49. The Bertz CT molecular complexity index is 895. The molecule has 2 nitrogen and oxygen atoms in total. The van der Waals surface area contributed by atoms with Crippen molar-refractivity contribution in [1.29, 1.82) is 0 Å². The minimum absolute atomic E-state index is 0.895. The van der Waals surface area contributed by atoms with Gasteiger partial charge in [0.25, 0.3) is 0 Å². The summed E-state index contributed by atoms with van der Waals surface area (Å²) in [6.07, 6.45) is 1.88. The number of hydrogen-bond acceptors (Lipinski definition) is 2. The van der Waals surface area contributed by atoms with E-state index in [1.807, 2.05) is 42.6 Å². The van der Waals surface area contributed by atoms with Crippen molar-refractivity contribution in [3.8, 4) is 0 Å². The number of hydrogen-bond donors (Lipinski definition) is 0. The smallest absolute Gasteiger partial charge is 0.146 e. The quantitative estimate of drug-likeness (QED) is 0.461. The summed E-state index contributed by atoms with van der Waals surface area (Å²) in [4.78, 5) is 4.49. The molecule has 0 saturated heterocycles. The molecule has 4 aromatic rings. The lowest BCUT2D eigenvalue weighted by Gasteiger charge is -1.96. The molecule has 0 bridgehead atoms. The Hall–Kier alpha value is -1.87. The highest BCUT2D eigenvalue weighted by molar-refractivity contribution is 9.10. The van der Waals surface area contributed by atoms with Gasteiger partial charge in [0.05, 0.1) is 5.52 Å². The molecule has 2 aromatic carbocycles. The van der Waals surface area contributed by atoms with Crippen molar-refractivity contribution < 1.29 is 4.42 Å². The molecule has 86 valence electrons. The van der Waals surface area contributed by atoms with E-state index in [-0.39, 0.29) is 0 Å². The van der Waals surface area contributed by atoms with E-state index in [1.54, 1.807) is 0 Å². The third-order valence-corrected chi connectivity index (χ3v) is 3.66. The van der Waals surface area contributed by atoms with Gasteiger partial charge in [-0.25, -0.2) is 0 Å². The molecule has 0 radical (unpaired) electrons. The van der Waals surface area contributed by atoms with Crippen LogP contribution in [0.1, 0.15) is 0 Å². The maximum atomic E-state index is 5.96. The summed E-state index contributed by atoms with van der Waals surface area (Å²) in [5.41, 5.74) is 2.77. The van der Waals surface area contributed by atoms with Gasteiger partial charge in [-0.05, 0) is 30.3 Å². The van der Waals surface area contributed by atoms with Crippen LogP contribution in [-0.2, 0) is 0 Å². The van der Waals surface area contributed by atoms with Crippen LogP contribution in [0.5, 0.6) is 0 Å². The van der Waals surface area contributed by atoms with Crippen molar-refractivity contribution in [2.45, 2.75) is 0 Å². The first kappa shape index (κ1) is 10.1. The van der Waals surface area contributed by atoms with E-state index in [0.717, 1.165) is 37.3 Å². The van der Waals surface area contributed by atoms with Crippen molar-refractivity contribution in [2.24, 2.45) is 0 Å². The first-order valence-electron chi connectivity index (χ1n) is 5.68. The maximum Gasteiger partial charge on any atom is 0.146 e. The number of pyridine rings is 1. The summed E-state index contributed by atoms with van der Waals surface area (Å²) < 4.78 is 7.01. The monoisotopic (exact) mass is 297 g/mol. The van der Waals surface area contributed by atoms with E-state index in [1.165, 1.54) is 0 Å². The third kappa shape index (κ3) is 1.31. The number of fused-ring (bicyclic) bond motifs is 5. The highest BCUT2D eigenvalue weighted by atomic mass is 79.9. The molecule has 0 aliphatic rings. The molecule has 2 heterocycles. The largest absolute Gasteiger partial charge is 0.455 e. The van der Waals surface area contributed by atoms with Gasteiger partial charge in [-0.3, -0.25) is 4.98 Å². The number of rotatable bonds is 0. The van der Waals surface area contributed by atoms with Crippen LogP contribution in [-0.4, -0.2) is 4.98 Å². The topological polar surface area (TPSA) is 26.0 Å². The van der Waals surface area contributed by atoms with Crippen molar-refractivity contribution >= 4 is 48.8 Å². The van der Waals surface area contributed by atoms with E-state index in [0.29, 0.717) is 0 Å². The number of benzene rings is 2. The van der Waals surface area contributed by atoms with Gasteiger partial charge < -0.3 is 4.42 Å². The Morgan fingerprint density at radius 3 is 2.78 bits per heavy atom. The molecule has 0 unspecified atom stereocenters. The van der Waals surface area contributed by atoms with Crippen LogP contribution in [0.4, 0.5) is 0 Å². The zero-order valence-corrected chi connectivity index (χ0v) is 10.9. The van der Waals surface area contributed by atoms with E-state index < -0.39 is 0 Å². The highest BCUT2D eigenvalue weighted by Gasteiger charge is 2.10. The van der Waals surface area contributed by atoms with Gasteiger partial charge in [0.15, 0.2) is 0 Å². The Balaban J connectivity index is 2.30. The number of para-hydroxylation sites is 1. The Morgan fingerprint density at radius 2 is 1.83 bits per heavy atom. The molecule has 0 saturated carbocycles. The second-order valence-corrected chi connectivity index (χ2v) is 5.18. The lowest BCUT2D eigenvalue weighted by atomic mass is 10.1. The molecule has 18 heavy (non-hydrogen) atoms. The molecule has 0 atom stereocenters. The second kappa shape index (κ2) is 3.56. The van der Waals surface area contributed by atoms with Crippen LogP contribution in [0.3, 0.4) is 0 Å². The second-order valence-electron chi connectivity index (χ2n) is 4.26. The van der Waals surface area contributed by atoms with Crippen LogP contribution in [0.2, 0.25) is 0 Å². The molecule has 0 fully saturated rings. The van der Waals surface area contributed by atoms with Crippen LogP contribution in [0, 0.1) is 0 Å². The molecular weight excluding hydrogens is 290 g/mol. The third-order valence-electron chi connectivity index (χ3n) is 3.17. The first-order valence-corrected chi connectivity index (χ1v) is 6.48. The standard InChI is InChI=1S/C15H8BrNO/c16-9-5-6-14-11(7-9)12-8-17-13-4-2-1-3-10(13)15(12)18-14/h1-8H. The molecule has 0 amide bonds. The fourth-order valence-corrected chi connectivity index (χ4v) is 2.69. The van der Waals surface area contributed by atoms with Crippen LogP contribution < -0.4 is 0 Å². The van der Waals surface area contributed by atoms with Crippen molar-refractivity contribution in [1.82, 2.24) is 4.98 Å². The fourth-order valence-electron chi connectivity index (χ4n) is 2.33. The first-order chi connectivity index (χ1) is 8.83. The summed E-state index contributed by atoms with van der Waals surface area (Å²) in [7, 11) is 0. The summed E-state index contributed by atoms with van der Waals surface area (Å²) in [5, 5.41) is 3.21. The Kier molecular flexibility index (Phi) is 2.00. The number of nitrogens with zero attached hydrogens (tertiary/aromatic N) is 1. The zero-order chi connectivity index (χ0) is 12.1. The van der Waals surface area contributed by atoms with Gasteiger partial charge >= 0.3 is 0 Å². The Labute approximate surface area is 111 Å². The van der Waals surface area contributed by atoms with Crippen molar-refractivity contribution in [3.63, 3.8) is 0 Å². The zero-order valence-electron chi connectivity index (χ0n) is 9.35. The van der Waals surface area contributed by atoms with Crippen molar-refractivity contribution in [3.05, 3.63) is 53.1 Å². The van der Waals surface area contributed by atoms with E-state index >= 15 is 0 Å². The van der Waals surface area contributed by atoms with Crippen molar-refractivity contribution in [2.75, 3.05) is 0 Å². The number of aromatic nitrogens is 1. The number of halogens is 1. The Morgan fingerprint density at radius 1 is 0.944 bits per heavy atom. The molecule has 0 aliphatic carbocycles. The normalized spacial score (nSPS) is 11.6. The van der Waals surface area contributed by atoms with Gasteiger partial charge in [-0.15, -0.1) is 0 Å². The molecule has 4 rings (SSSR count). The van der Waals surface area contributed by atoms with Gasteiger partial charge in [-0.1, -0.05) is 28.1 Å². The van der Waals surface area contributed by atoms with Gasteiger partial charge in [-0.2, -0.15) is 0 Å².